The molecule has 5 rings (SSSR count). The number of fused-ring (bicyclic) bond motifs is 1. The lowest BCUT2D eigenvalue weighted by Gasteiger charge is -2.38. The molecule has 0 radical (unpaired) electrons. The summed E-state index contributed by atoms with van der Waals surface area (Å²) in [4.78, 5) is 41.9. The number of aryl methyl sites for hydroxylation is 1. The van der Waals surface area contributed by atoms with E-state index in [0.717, 1.165) is 63.5 Å². The standard InChI is InChI=1S/C23H30N6O4/c1-15-18-3-2-16(28-9-7-27(8-10-28)14-17-13-24-6-11-33-17)12-19(18)23(32)29(26-15)20-4-5-21(30)25-22(20)31/h2-3,12,17,20,24H,4-11,13-14H2,1H3,(H,25,30,31)/t17-,20?/m0/s1. The van der Waals surface area contributed by atoms with Crippen LogP contribution in [0.4, 0.5) is 5.69 Å². The average molecular weight is 455 g/mol. The first kappa shape index (κ1) is 22.0. The summed E-state index contributed by atoms with van der Waals surface area (Å²) in [5.41, 5.74) is 1.38. The van der Waals surface area contributed by atoms with Crippen LogP contribution in [0.25, 0.3) is 10.8 Å². The van der Waals surface area contributed by atoms with Crippen molar-refractivity contribution >= 4 is 28.3 Å². The van der Waals surface area contributed by atoms with Crippen molar-refractivity contribution in [2.45, 2.75) is 31.9 Å². The summed E-state index contributed by atoms with van der Waals surface area (Å²) >= 11 is 0. The van der Waals surface area contributed by atoms with Crippen molar-refractivity contribution in [1.29, 1.82) is 0 Å². The van der Waals surface area contributed by atoms with Crippen molar-refractivity contribution in [3.8, 4) is 0 Å². The molecule has 2 N–H and O–H groups in total. The van der Waals surface area contributed by atoms with Gasteiger partial charge in [0.05, 0.1) is 23.8 Å². The van der Waals surface area contributed by atoms with E-state index in [-0.39, 0.29) is 30.4 Å². The highest BCUT2D eigenvalue weighted by Crippen LogP contribution is 2.24. The van der Waals surface area contributed by atoms with Crippen molar-refractivity contribution in [1.82, 2.24) is 25.3 Å². The fourth-order valence-corrected chi connectivity index (χ4v) is 4.95. The average Bonchev–Trinajstić information content (AvgIpc) is 2.83. The number of morpholine rings is 1. The van der Waals surface area contributed by atoms with Crippen LogP contribution in [-0.4, -0.2) is 85.0 Å². The minimum Gasteiger partial charge on any atom is -0.374 e. The molecule has 176 valence electrons. The Balaban J connectivity index is 1.35. The number of nitrogens with one attached hydrogen (secondary N) is 2. The number of piperidine rings is 1. The number of hydrogen-bond acceptors (Lipinski definition) is 8. The zero-order valence-electron chi connectivity index (χ0n) is 18.9. The summed E-state index contributed by atoms with van der Waals surface area (Å²) in [6, 6.07) is 5.13. The summed E-state index contributed by atoms with van der Waals surface area (Å²) in [5.74, 6) is -0.779. The van der Waals surface area contributed by atoms with Crippen molar-refractivity contribution in [2.75, 3.05) is 57.3 Å². The lowest BCUT2D eigenvalue weighted by molar-refractivity contribution is -0.136. The molecule has 2 amide bonds. The SMILES string of the molecule is Cc1nn(C2CCC(=O)NC2=O)c(=O)c2cc(N3CCN(C[C@@H]4CNCCO4)CC3)ccc12. The van der Waals surface area contributed by atoms with Gasteiger partial charge < -0.3 is 15.0 Å². The summed E-state index contributed by atoms with van der Waals surface area (Å²) in [6.07, 6.45) is 0.727. The van der Waals surface area contributed by atoms with Gasteiger partial charge in [0.1, 0.15) is 6.04 Å². The van der Waals surface area contributed by atoms with Crippen LogP contribution in [0.15, 0.2) is 23.0 Å². The highest BCUT2D eigenvalue weighted by molar-refractivity contribution is 5.99. The van der Waals surface area contributed by atoms with Gasteiger partial charge in [0.2, 0.25) is 5.91 Å². The number of aromatic nitrogens is 2. The Kier molecular flexibility index (Phi) is 6.13. The largest absolute Gasteiger partial charge is 0.374 e. The van der Waals surface area contributed by atoms with Crippen molar-refractivity contribution in [3.05, 3.63) is 34.2 Å². The quantitative estimate of drug-likeness (QED) is 0.611. The monoisotopic (exact) mass is 454 g/mol. The molecule has 10 nitrogen and oxygen atoms in total. The van der Waals surface area contributed by atoms with Crippen molar-refractivity contribution < 1.29 is 14.3 Å². The van der Waals surface area contributed by atoms with Gasteiger partial charge in [-0.05, 0) is 25.5 Å². The van der Waals surface area contributed by atoms with E-state index in [1.165, 1.54) is 4.68 Å². The molecule has 2 aromatic rings. The molecule has 0 aliphatic carbocycles. The predicted octanol–water partition coefficient (Wildman–Crippen LogP) is -0.207. The second-order valence-corrected chi connectivity index (χ2v) is 9.02. The molecule has 4 heterocycles. The van der Waals surface area contributed by atoms with E-state index >= 15 is 0 Å². The lowest BCUT2D eigenvalue weighted by Crippen LogP contribution is -2.51. The van der Waals surface area contributed by atoms with E-state index in [2.05, 4.69) is 25.5 Å². The number of anilines is 1. The fourth-order valence-electron chi connectivity index (χ4n) is 4.95. The molecule has 0 bridgehead atoms. The highest BCUT2D eigenvalue weighted by Gasteiger charge is 2.30. The maximum absolute atomic E-state index is 13.3. The van der Waals surface area contributed by atoms with Crippen molar-refractivity contribution in [2.24, 2.45) is 0 Å². The number of amides is 2. The van der Waals surface area contributed by atoms with E-state index in [4.69, 9.17) is 4.74 Å². The molecule has 10 heteroatoms. The molecule has 0 saturated carbocycles. The molecule has 3 fully saturated rings. The van der Waals surface area contributed by atoms with Crippen LogP contribution in [0.2, 0.25) is 0 Å². The van der Waals surface area contributed by atoms with Gasteiger partial charge >= 0.3 is 0 Å². The minimum absolute atomic E-state index is 0.202. The number of ether oxygens (including phenoxy) is 1. The third kappa shape index (κ3) is 4.50. The number of rotatable bonds is 4. The molecular weight excluding hydrogens is 424 g/mol. The third-order valence-electron chi connectivity index (χ3n) is 6.80. The molecule has 1 unspecified atom stereocenters. The van der Waals surface area contributed by atoms with Gasteiger partial charge in [-0.15, -0.1) is 0 Å². The van der Waals surface area contributed by atoms with Gasteiger partial charge in [-0.25, -0.2) is 4.68 Å². The number of imide groups is 1. The third-order valence-corrected chi connectivity index (χ3v) is 6.80. The first-order chi connectivity index (χ1) is 16.0. The molecule has 1 aromatic carbocycles. The van der Waals surface area contributed by atoms with Gasteiger partial charge in [-0.3, -0.25) is 24.6 Å². The second kappa shape index (κ2) is 9.20. The number of benzene rings is 1. The van der Waals surface area contributed by atoms with Crippen LogP contribution in [0.5, 0.6) is 0 Å². The van der Waals surface area contributed by atoms with E-state index in [1.54, 1.807) is 0 Å². The summed E-state index contributed by atoms with van der Waals surface area (Å²) in [6.45, 7) is 8.98. The van der Waals surface area contributed by atoms with Crippen LogP contribution in [0, 0.1) is 6.92 Å². The zero-order chi connectivity index (χ0) is 22.9. The molecule has 3 aliphatic rings. The van der Waals surface area contributed by atoms with E-state index in [0.29, 0.717) is 11.1 Å². The zero-order valence-corrected chi connectivity index (χ0v) is 18.9. The Labute approximate surface area is 191 Å². The number of piperazine rings is 1. The molecule has 2 atom stereocenters. The van der Waals surface area contributed by atoms with Gasteiger partial charge in [-0.2, -0.15) is 5.10 Å². The number of carbonyl (C=O) groups excluding carboxylic acids is 2. The Hall–Kier alpha value is -2.82. The van der Waals surface area contributed by atoms with E-state index in [1.807, 2.05) is 25.1 Å². The summed E-state index contributed by atoms with van der Waals surface area (Å²) in [5, 5.41) is 11.4. The number of hydrogen-bond donors (Lipinski definition) is 2. The maximum atomic E-state index is 13.3. The van der Waals surface area contributed by atoms with Crippen LogP contribution < -0.4 is 21.1 Å². The number of nitrogens with zero attached hydrogens (tertiary/aromatic N) is 4. The van der Waals surface area contributed by atoms with Crippen LogP contribution in [-0.2, 0) is 14.3 Å². The number of carbonyl (C=O) groups is 2. The smallest absolute Gasteiger partial charge is 0.275 e. The predicted molar refractivity (Wildman–Crippen MR) is 123 cm³/mol. The summed E-state index contributed by atoms with van der Waals surface area (Å²) < 4.78 is 7.08. The first-order valence-corrected chi connectivity index (χ1v) is 11.7. The molecule has 33 heavy (non-hydrogen) atoms. The fraction of sp³-hybridized carbons (Fsp3) is 0.565. The highest BCUT2D eigenvalue weighted by atomic mass is 16.5. The normalized spacial score (nSPS) is 24.8. The molecule has 3 aliphatic heterocycles. The van der Waals surface area contributed by atoms with Crippen LogP contribution in [0.3, 0.4) is 0 Å². The van der Waals surface area contributed by atoms with Crippen LogP contribution in [0.1, 0.15) is 24.6 Å². The van der Waals surface area contributed by atoms with Gasteiger partial charge in [0.25, 0.3) is 11.5 Å². The molecule has 0 spiro atoms. The Morgan fingerprint density at radius 2 is 1.94 bits per heavy atom. The second-order valence-electron chi connectivity index (χ2n) is 9.02. The Morgan fingerprint density at radius 3 is 2.67 bits per heavy atom. The van der Waals surface area contributed by atoms with Gasteiger partial charge in [0.15, 0.2) is 0 Å². The summed E-state index contributed by atoms with van der Waals surface area (Å²) in [7, 11) is 0. The Morgan fingerprint density at radius 1 is 1.12 bits per heavy atom. The van der Waals surface area contributed by atoms with E-state index in [9.17, 15) is 14.4 Å². The topological polar surface area (TPSA) is 109 Å². The first-order valence-electron chi connectivity index (χ1n) is 11.7. The van der Waals surface area contributed by atoms with Crippen molar-refractivity contribution in [3.63, 3.8) is 0 Å². The van der Waals surface area contributed by atoms with Gasteiger partial charge in [0, 0.05) is 63.3 Å². The molecule has 3 saturated heterocycles. The lowest BCUT2D eigenvalue weighted by atomic mass is 10.1. The maximum Gasteiger partial charge on any atom is 0.275 e. The van der Waals surface area contributed by atoms with Crippen LogP contribution >= 0.6 is 0 Å². The molecule has 1 aromatic heterocycles. The Bertz CT molecular complexity index is 1120. The van der Waals surface area contributed by atoms with Gasteiger partial charge in [-0.1, -0.05) is 6.07 Å². The minimum atomic E-state index is -0.762. The molecular formula is C23H30N6O4. The van der Waals surface area contributed by atoms with E-state index < -0.39 is 11.9 Å².